The summed E-state index contributed by atoms with van der Waals surface area (Å²) in [4.78, 5) is 0.143. The first-order chi connectivity index (χ1) is 8.50. The van der Waals surface area contributed by atoms with Crippen molar-refractivity contribution < 1.29 is 8.42 Å². The molecule has 0 aromatic carbocycles. The molecule has 102 valence electrons. The van der Waals surface area contributed by atoms with E-state index in [0.717, 1.165) is 19.3 Å². The van der Waals surface area contributed by atoms with E-state index in [1.54, 1.807) is 8.99 Å². The maximum Gasteiger partial charge on any atom is 0.248 e. The minimum Gasteiger partial charge on any atom is -0.381 e. The van der Waals surface area contributed by atoms with Gasteiger partial charge >= 0.3 is 0 Å². The summed E-state index contributed by atoms with van der Waals surface area (Å²) < 4.78 is 28.2. The molecule has 2 rings (SSSR count). The Labute approximate surface area is 108 Å². The third-order valence-electron chi connectivity index (χ3n) is 3.46. The monoisotopic (exact) mass is 272 g/mol. The maximum absolute atomic E-state index is 12.5. The Balaban J connectivity index is 2.38. The molecule has 0 amide bonds. The Morgan fingerprint density at radius 2 is 2.22 bits per heavy atom. The number of hydrogen-bond acceptors (Lipinski definition) is 4. The number of anilines is 1. The van der Waals surface area contributed by atoms with Gasteiger partial charge in [0, 0.05) is 25.3 Å². The molecule has 1 atom stereocenters. The molecule has 1 aliphatic heterocycles. The van der Waals surface area contributed by atoms with Crippen LogP contribution in [0.1, 0.15) is 33.1 Å². The Kier molecular flexibility index (Phi) is 3.63. The van der Waals surface area contributed by atoms with E-state index in [1.807, 2.05) is 13.8 Å². The van der Waals surface area contributed by atoms with Crippen molar-refractivity contribution >= 4 is 15.8 Å². The van der Waals surface area contributed by atoms with Gasteiger partial charge in [-0.2, -0.15) is 9.40 Å². The Morgan fingerprint density at radius 1 is 1.50 bits per heavy atom. The van der Waals surface area contributed by atoms with Gasteiger partial charge in [-0.05, 0) is 26.2 Å². The zero-order valence-electron chi connectivity index (χ0n) is 10.8. The smallest absolute Gasteiger partial charge is 0.248 e. The van der Waals surface area contributed by atoms with E-state index >= 15 is 0 Å². The van der Waals surface area contributed by atoms with Crippen molar-refractivity contribution in [2.24, 2.45) is 0 Å². The van der Waals surface area contributed by atoms with Crippen LogP contribution < -0.4 is 5.73 Å². The van der Waals surface area contributed by atoms with E-state index in [4.69, 9.17) is 5.73 Å². The van der Waals surface area contributed by atoms with Gasteiger partial charge in [0.25, 0.3) is 0 Å². The number of hydrogen-bond donors (Lipinski definition) is 1. The number of nitrogen functional groups attached to an aromatic ring is 1. The van der Waals surface area contributed by atoms with Crippen LogP contribution in [0.3, 0.4) is 0 Å². The van der Waals surface area contributed by atoms with E-state index in [-0.39, 0.29) is 16.8 Å². The van der Waals surface area contributed by atoms with Crippen LogP contribution in [0.2, 0.25) is 0 Å². The fraction of sp³-hybridized carbons (Fsp3) is 0.727. The maximum atomic E-state index is 12.5. The Hall–Kier alpha value is -1.08. The van der Waals surface area contributed by atoms with E-state index in [2.05, 4.69) is 5.10 Å². The first-order valence-electron chi connectivity index (χ1n) is 6.35. The van der Waals surface area contributed by atoms with Gasteiger partial charge in [0.05, 0.1) is 0 Å². The molecule has 2 N–H and O–H groups in total. The van der Waals surface area contributed by atoms with E-state index in [0.29, 0.717) is 13.1 Å². The van der Waals surface area contributed by atoms with Crippen LogP contribution in [0.15, 0.2) is 11.1 Å². The van der Waals surface area contributed by atoms with Gasteiger partial charge in [-0.15, -0.1) is 0 Å². The van der Waals surface area contributed by atoms with Crippen molar-refractivity contribution in [2.45, 2.75) is 50.6 Å². The van der Waals surface area contributed by atoms with Crippen LogP contribution in [0.4, 0.5) is 5.82 Å². The van der Waals surface area contributed by atoms with Crippen molar-refractivity contribution in [3.05, 3.63) is 6.20 Å². The Bertz CT molecular complexity index is 523. The predicted molar refractivity (Wildman–Crippen MR) is 69.5 cm³/mol. The summed E-state index contributed by atoms with van der Waals surface area (Å²) in [6.45, 7) is 5.10. The molecule has 0 radical (unpaired) electrons. The zero-order chi connectivity index (χ0) is 13.3. The highest BCUT2D eigenvalue weighted by Gasteiger charge is 2.36. The highest BCUT2D eigenvalue weighted by atomic mass is 32.2. The fourth-order valence-electron chi connectivity index (χ4n) is 2.44. The summed E-state index contributed by atoms with van der Waals surface area (Å²) >= 11 is 0. The highest BCUT2D eigenvalue weighted by molar-refractivity contribution is 7.89. The highest BCUT2D eigenvalue weighted by Crippen LogP contribution is 2.29. The number of aryl methyl sites for hydroxylation is 1. The lowest BCUT2D eigenvalue weighted by Gasteiger charge is -2.22. The summed E-state index contributed by atoms with van der Waals surface area (Å²) in [6, 6.07) is 0.0966. The third kappa shape index (κ3) is 2.12. The number of rotatable bonds is 4. The van der Waals surface area contributed by atoms with Crippen LogP contribution in [0.5, 0.6) is 0 Å². The number of sulfonamides is 1. The molecule has 0 bridgehead atoms. The van der Waals surface area contributed by atoms with Gasteiger partial charge in [-0.1, -0.05) is 6.92 Å². The summed E-state index contributed by atoms with van der Waals surface area (Å²) in [5, 5.41) is 4.01. The molecule has 0 saturated carbocycles. The lowest BCUT2D eigenvalue weighted by Crippen LogP contribution is -2.35. The topological polar surface area (TPSA) is 81.2 Å². The fourth-order valence-corrected chi connectivity index (χ4v) is 4.27. The van der Waals surface area contributed by atoms with Crippen LogP contribution in [0.25, 0.3) is 0 Å². The molecule has 0 aliphatic carbocycles. The predicted octanol–water partition coefficient (Wildman–Crippen LogP) is 1.05. The first-order valence-corrected chi connectivity index (χ1v) is 7.79. The summed E-state index contributed by atoms with van der Waals surface area (Å²) in [7, 11) is -3.49. The van der Waals surface area contributed by atoms with Gasteiger partial charge in [-0.25, -0.2) is 8.42 Å². The molecule has 1 aromatic heterocycles. The van der Waals surface area contributed by atoms with E-state index in [1.165, 1.54) is 6.20 Å². The molecular formula is C11H20N4O2S. The van der Waals surface area contributed by atoms with Gasteiger partial charge in [0.1, 0.15) is 4.90 Å². The second-order valence-corrected chi connectivity index (χ2v) is 6.41. The first kappa shape index (κ1) is 13.4. The Morgan fingerprint density at radius 3 is 2.78 bits per heavy atom. The number of nitrogens with zero attached hydrogens (tertiary/aromatic N) is 3. The molecule has 1 aromatic rings. The molecule has 18 heavy (non-hydrogen) atoms. The summed E-state index contributed by atoms with van der Waals surface area (Å²) in [6.07, 6.45) is 4.20. The van der Waals surface area contributed by atoms with Gasteiger partial charge < -0.3 is 5.73 Å². The van der Waals surface area contributed by atoms with Crippen molar-refractivity contribution in [2.75, 3.05) is 12.3 Å². The molecular weight excluding hydrogens is 252 g/mol. The van der Waals surface area contributed by atoms with Crippen LogP contribution in [-0.2, 0) is 16.6 Å². The quantitative estimate of drug-likeness (QED) is 0.888. The second kappa shape index (κ2) is 4.89. The summed E-state index contributed by atoms with van der Waals surface area (Å²) in [5.41, 5.74) is 5.72. The van der Waals surface area contributed by atoms with Gasteiger partial charge in [0.15, 0.2) is 5.82 Å². The van der Waals surface area contributed by atoms with Gasteiger partial charge in [-0.3, -0.25) is 4.68 Å². The lowest BCUT2D eigenvalue weighted by molar-refractivity contribution is 0.380. The third-order valence-corrected chi connectivity index (χ3v) is 5.43. The largest absolute Gasteiger partial charge is 0.381 e. The molecule has 2 heterocycles. The lowest BCUT2D eigenvalue weighted by atomic mass is 10.2. The molecule has 1 unspecified atom stereocenters. The van der Waals surface area contributed by atoms with Crippen molar-refractivity contribution in [3.63, 3.8) is 0 Å². The van der Waals surface area contributed by atoms with E-state index in [9.17, 15) is 8.42 Å². The number of aromatic nitrogens is 2. The average Bonchev–Trinajstić information content (AvgIpc) is 2.94. The SMILES string of the molecule is CCC1CCCN1S(=O)(=O)c1cn(CC)nc1N. The molecule has 1 aliphatic rings. The van der Waals surface area contributed by atoms with Gasteiger partial charge in [0.2, 0.25) is 10.0 Å². The van der Waals surface area contributed by atoms with Crippen molar-refractivity contribution in [1.29, 1.82) is 0 Å². The number of nitrogens with two attached hydrogens (primary N) is 1. The molecule has 6 nitrogen and oxygen atoms in total. The van der Waals surface area contributed by atoms with E-state index < -0.39 is 10.0 Å². The van der Waals surface area contributed by atoms with Crippen LogP contribution in [-0.4, -0.2) is 35.1 Å². The average molecular weight is 272 g/mol. The molecule has 7 heteroatoms. The minimum atomic E-state index is -3.49. The normalized spacial score (nSPS) is 21.6. The van der Waals surface area contributed by atoms with Crippen LogP contribution >= 0.6 is 0 Å². The summed E-state index contributed by atoms with van der Waals surface area (Å²) in [5.74, 6) is 0.0959. The molecule has 1 fully saturated rings. The molecule has 1 saturated heterocycles. The minimum absolute atomic E-state index is 0.0959. The zero-order valence-corrected chi connectivity index (χ0v) is 11.7. The molecule has 0 spiro atoms. The van der Waals surface area contributed by atoms with Crippen molar-refractivity contribution in [1.82, 2.24) is 14.1 Å². The standard InChI is InChI=1S/C11H20N4O2S/c1-3-9-6-5-7-15(9)18(16,17)10-8-14(4-2)13-11(10)12/h8-9H,3-7H2,1-2H3,(H2,12,13). The van der Waals surface area contributed by atoms with Crippen LogP contribution in [0, 0.1) is 0 Å². The second-order valence-electron chi connectivity index (χ2n) is 4.55. The van der Waals surface area contributed by atoms with Crippen molar-refractivity contribution in [3.8, 4) is 0 Å².